The number of carbonyl (C=O) groups is 1. The molecule has 1 unspecified atom stereocenters. The Hall–Kier alpha value is -2.31. The fraction of sp³-hybridized carbons (Fsp3) is 0.250. The maximum absolute atomic E-state index is 12.3. The molecule has 0 saturated heterocycles. The predicted molar refractivity (Wildman–Crippen MR) is 88.4 cm³/mol. The summed E-state index contributed by atoms with van der Waals surface area (Å²) in [5, 5.41) is 18.7. The summed E-state index contributed by atoms with van der Waals surface area (Å²) < 4.78 is 1.60. The van der Waals surface area contributed by atoms with Gasteiger partial charge >= 0.3 is 0 Å². The number of nitrogens with zero attached hydrogens (tertiary/aromatic N) is 2. The van der Waals surface area contributed by atoms with Crippen LogP contribution in [0.2, 0.25) is 5.02 Å². The molecule has 0 aliphatic rings. The van der Waals surface area contributed by atoms with Gasteiger partial charge in [-0.1, -0.05) is 11.6 Å². The summed E-state index contributed by atoms with van der Waals surface area (Å²) in [6.45, 7) is 1.71. The van der Waals surface area contributed by atoms with Crippen LogP contribution in [0.5, 0.6) is 0 Å². The first-order valence-corrected chi connectivity index (χ1v) is 7.51. The number of hydrogen-bond donors (Lipinski definition) is 3. The maximum Gasteiger partial charge on any atom is 0.267 e. The van der Waals surface area contributed by atoms with Crippen molar-refractivity contribution in [3.8, 4) is 0 Å². The zero-order chi connectivity index (χ0) is 16.6. The Bertz CT molecular complexity index is 866. The molecule has 23 heavy (non-hydrogen) atoms. The minimum atomic E-state index is -1.20. The summed E-state index contributed by atoms with van der Waals surface area (Å²) in [5.74, 6) is -0.290. The van der Waals surface area contributed by atoms with Gasteiger partial charge in [0.05, 0.1) is 12.7 Å². The second-order valence-corrected chi connectivity index (χ2v) is 6.21. The van der Waals surface area contributed by atoms with E-state index in [0.29, 0.717) is 16.3 Å². The van der Waals surface area contributed by atoms with E-state index >= 15 is 0 Å². The van der Waals surface area contributed by atoms with E-state index in [1.54, 1.807) is 49.2 Å². The summed E-state index contributed by atoms with van der Waals surface area (Å²) in [6, 6.07) is 7.10. The number of fused-ring (bicyclic) bond motifs is 1. The highest BCUT2D eigenvalue weighted by atomic mass is 35.5. The lowest BCUT2D eigenvalue weighted by Gasteiger charge is -2.22. The normalized spacial score (nSPS) is 13.9. The van der Waals surface area contributed by atoms with Gasteiger partial charge in [0, 0.05) is 34.7 Å². The zero-order valence-corrected chi connectivity index (χ0v) is 13.6. The van der Waals surface area contributed by atoms with Crippen molar-refractivity contribution in [3.63, 3.8) is 0 Å². The van der Waals surface area contributed by atoms with Gasteiger partial charge in [0.25, 0.3) is 5.91 Å². The fourth-order valence-corrected chi connectivity index (χ4v) is 2.56. The van der Waals surface area contributed by atoms with Crippen LogP contribution in [0.25, 0.3) is 10.9 Å². The van der Waals surface area contributed by atoms with E-state index in [4.69, 9.17) is 11.6 Å². The molecule has 6 nitrogen and oxygen atoms in total. The largest absolute Gasteiger partial charge is 0.383 e. The molecule has 3 N–H and O–H groups in total. The predicted octanol–water partition coefficient (Wildman–Crippen LogP) is 2.19. The monoisotopic (exact) mass is 332 g/mol. The van der Waals surface area contributed by atoms with Crippen LogP contribution in [-0.2, 0) is 12.6 Å². The highest BCUT2D eigenvalue weighted by Crippen LogP contribution is 2.21. The third-order valence-corrected chi connectivity index (χ3v) is 3.98. The lowest BCUT2D eigenvalue weighted by atomic mass is 10.00. The van der Waals surface area contributed by atoms with Crippen molar-refractivity contribution in [2.45, 2.75) is 12.5 Å². The Morgan fingerprint density at radius 3 is 2.96 bits per heavy atom. The highest BCUT2D eigenvalue weighted by Gasteiger charge is 2.25. The standard InChI is InChI=1S/C16H17ClN4O2/c1-16(23,11-7-19-21(2)8-11)9-18-15(22)14-6-10-5-12(17)3-4-13(10)20-14/h3-8,20,23H,9H2,1-2H3,(H,18,22). The molecule has 0 bridgehead atoms. The van der Waals surface area contributed by atoms with E-state index in [2.05, 4.69) is 15.4 Å². The topological polar surface area (TPSA) is 82.9 Å². The van der Waals surface area contributed by atoms with E-state index in [1.807, 2.05) is 6.07 Å². The van der Waals surface area contributed by atoms with Gasteiger partial charge in [0.2, 0.25) is 0 Å². The minimum absolute atomic E-state index is 0.0770. The number of nitrogens with one attached hydrogen (secondary N) is 2. The fourth-order valence-electron chi connectivity index (χ4n) is 2.37. The van der Waals surface area contributed by atoms with Crippen molar-refractivity contribution < 1.29 is 9.90 Å². The minimum Gasteiger partial charge on any atom is -0.383 e. The first-order valence-electron chi connectivity index (χ1n) is 7.13. The Morgan fingerprint density at radius 2 is 2.26 bits per heavy atom. The number of amides is 1. The van der Waals surface area contributed by atoms with E-state index < -0.39 is 5.60 Å². The number of aliphatic hydroxyl groups is 1. The number of carbonyl (C=O) groups excluding carboxylic acids is 1. The zero-order valence-electron chi connectivity index (χ0n) is 12.8. The lowest BCUT2D eigenvalue weighted by Crippen LogP contribution is -2.38. The highest BCUT2D eigenvalue weighted by molar-refractivity contribution is 6.31. The van der Waals surface area contributed by atoms with Crippen LogP contribution in [0.1, 0.15) is 23.0 Å². The molecule has 0 aliphatic carbocycles. The summed E-state index contributed by atoms with van der Waals surface area (Å²) >= 11 is 5.94. The third-order valence-electron chi connectivity index (χ3n) is 3.75. The molecule has 1 atom stereocenters. The van der Waals surface area contributed by atoms with Gasteiger partial charge in [0.1, 0.15) is 11.3 Å². The van der Waals surface area contributed by atoms with Crippen LogP contribution >= 0.6 is 11.6 Å². The molecular weight excluding hydrogens is 316 g/mol. The van der Waals surface area contributed by atoms with E-state index in [-0.39, 0.29) is 12.5 Å². The second-order valence-electron chi connectivity index (χ2n) is 5.77. The van der Waals surface area contributed by atoms with Gasteiger partial charge in [0.15, 0.2) is 0 Å². The van der Waals surface area contributed by atoms with Crippen molar-refractivity contribution in [1.29, 1.82) is 0 Å². The molecule has 0 radical (unpaired) electrons. The van der Waals surface area contributed by atoms with Crippen molar-refractivity contribution in [3.05, 3.63) is 52.9 Å². The smallest absolute Gasteiger partial charge is 0.267 e. The Morgan fingerprint density at radius 1 is 1.48 bits per heavy atom. The quantitative estimate of drug-likeness (QED) is 0.685. The van der Waals surface area contributed by atoms with Gasteiger partial charge in [-0.3, -0.25) is 9.48 Å². The maximum atomic E-state index is 12.3. The summed E-state index contributed by atoms with van der Waals surface area (Å²) in [7, 11) is 1.77. The number of aromatic amines is 1. The Kier molecular flexibility index (Phi) is 3.87. The van der Waals surface area contributed by atoms with Crippen LogP contribution in [-0.4, -0.2) is 32.3 Å². The number of hydrogen-bond acceptors (Lipinski definition) is 3. The van der Waals surface area contributed by atoms with Crippen LogP contribution in [0.15, 0.2) is 36.7 Å². The third kappa shape index (κ3) is 3.23. The summed E-state index contributed by atoms with van der Waals surface area (Å²) in [5.41, 5.74) is 0.700. The average molecular weight is 333 g/mol. The van der Waals surface area contributed by atoms with E-state index in [9.17, 15) is 9.90 Å². The van der Waals surface area contributed by atoms with Crippen molar-refractivity contribution in [2.24, 2.45) is 7.05 Å². The van der Waals surface area contributed by atoms with E-state index in [1.165, 1.54) is 0 Å². The van der Waals surface area contributed by atoms with Crippen molar-refractivity contribution >= 4 is 28.4 Å². The number of halogens is 1. The van der Waals surface area contributed by atoms with Gasteiger partial charge in [-0.15, -0.1) is 0 Å². The molecule has 1 amide bonds. The molecule has 0 aliphatic heterocycles. The molecule has 1 aromatic carbocycles. The van der Waals surface area contributed by atoms with E-state index in [0.717, 1.165) is 10.9 Å². The second kappa shape index (κ2) is 5.72. The van der Waals surface area contributed by atoms with Crippen LogP contribution in [0.4, 0.5) is 0 Å². The first kappa shape index (κ1) is 15.6. The number of H-pyrrole nitrogens is 1. The molecule has 2 aromatic heterocycles. The lowest BCUT2D eigenvalue weighted by molar-refractivity contribution is 0.0524. The molecule has 0 spiro atoms. The molecule has 120 valence electrons. The summed E-state index contributed by atoms with van der Waals surface area (Å²) in [4.78, 5) is 15.3. The van der Waals surface area contributed by atoms with Gasteiger partial charge < -0.3 is 15.4 Å². The van der Waals surface area contributed by atoms with Gasteiger partial charge in [-0.2, -0.15) is 5.10 Å². The average Bonchev–Trinajstić information content (AvgIpc) is 3.11. The molecule has 3 aromatic rings. The number of aryl methyl sites for hydroxylation is 1. The molecule has 2 heterocycles. The molecule has 0 fully saturated rings. The van der Waals surface area contributed by atoms with Crippen molar-refractivity contribution in [2.75, 3.05) is 6.54 Å². The summed E-state index contributed by atoms with van der Waals surface area (Å²) in [6.07, 6.45) is 3.30. The van der Waals surface area contributed by atoms with Crippen molar-refractivity contribution in [1.82, 2.24) is 20.1 Å². The number of aromatic nitrogens is 3. The molecule has 7 heteroatoms. The van der Waals surface area contributed by atoms with Crippen LogP contribution in [0.3, 0.4) is 0 Å². The SMILES string of the molecule is Cn1cc(C(C)(O)CNC(=O)c2cc3cc(Cl)ccc3[nH]2)cn1. The number of benzene rings is 1. The van der Waals surface area contributed by atoms with Gasteiger partial charge in [-0.05, 0) is 31.2 Å². The number of rotatable bonds is 4. The Balaban J connectivity index is 1.73. The van der Waals surface area contributed by atoms with Crippen LogP contribution < -0.4 is 5.32 Å². The molecule has 3 rings (SSSR count). The van der Waals surface area contributed by atoms with Crippen LogP contribution in [0, 0.1) is 0 Å². The molecular formula is C16H17ClN4O2. The first-order chi connectivity index (χ1) is 10.8. The Labute approximate surface area is 138 Å². The molecule has 0 saturated carbocycles. The van der Waals surface area contributed by atoms with Gasteiger partial charge in [-0.25, -0.2) is 0 Å².